The van der Waals surface area contributed by atoms with Gasteiger partial charge in [-0.15, -0.1) is 0 Å². The van der Waals surface area contributed by atoms with Crippen molar-refractivity contribution in [2.45, 2.75) is 45.1 Å². The number of amides is 1. The first kappa shape index (κ1) is 20.6. The monoisotopic (exact) mass is 415 g/mol. The molecule has 0 bridgehead atoms. The van der Waals surface area contributed by atoms with Gasteiger partial charge in [0.15, 0.2) is 5.82 Å². The van der Waals surface area contributed by atoms with Gasteiger partial charge in [-0.1, -0.05) is 5.16 Å². The van der Waals surface area contributed by atoms with E-state index in [1.807, 2.05) is 32.9 Å². The fourth-order valence-electron chi connectivity index (χ4n) is 3.71. The van der Waals surface area contributed by atoms with Crippen LogP contribution in [0, 0.1) is 0 Å². The summed E-state index contributed by atoms with van der Waals surface area (Å²) >= 11 is 0. The molecule has 0 unspecified atom stereocenters. The molecule has 0 aromatic carbocycles. The van der Waals surface area contributed by atoms with Gasteiger partial charge in [0.2, 0.25) is 0 Å². The molecular weight excluding hydrogens is 386 g/mol. The Hall–Kier alpha value is -2.68. The molecule has 0 aliphatic carbocycles. The molecule has 0 N–H and O–H groups in total. The van der Waals surface area contributed by atoms with Crippen LogP contribution in [-0.4, -0.2) is 71.1 Å². The van der Waals surface area contributed by atoms with Gasteiger partial charge >= 0.3 is 6.09 Å². The van der Waals surface area contributed by atoms with Crippen LogP contribution in [0.3, 0.4) is 0 Å². The van der Waals surface area contributed by atoms with Crippen LogP contribution in [0.5, 0.6) is 0 Å². The molecule has 30 heavy (non-hydrogen) atoms. The topological polar surface area (TPSA) is 93.8 Å². The summed E-state index contributed by atoms with van der Waals surface area (Å²) in [4.78, 5) is 25.3. The standard InChI is InChI=1S/C21H29N5O4/c1-21(2,3)29-20(27)26-8-5-15(6-9-26)18-23-19(30-24-18)17-14-16(4-7-22-17)25-10-12-28-13-11-25/h4,7,14-15H,5-6,8-13H2,1-3H3. The first-order valence-corrected chi connectivity index (χ1v) is 10.5. The molecule has 2 aromatic rings. The molecule has 2 aliphatic heterocycles. The van der Waals surface area contributed by atoms with Crippen molar-refractivity contribution in [3.05, 3.63) is 24.2 Å². The van der Waals surface area contributed by atoms with Crippen LogP contribution in [0.15, 0.2) is 22.9 Å². The van der Waals surface area contributed by atoms with E-state index in [0.717, 1.165) is 44.8 Å². The number of hydrogen-bond acceptors (Lipinski definition) is 8. The lowest BCUT2D eigenvalue weighted by molar-refractivity contribution is 0.0203. The molecule has 0 spiro atoms. The molecule has 4 rings (SSSR count). The second kappa shape index (κ2) is 8.59. The average Bonchev–Trinajstić information content (AvgIpc) is 3.24. The minimum Gasteiger partial charge on any atom is -0.444 e. The van der Waals surface area contributed by atoms with E-state index in [4.69, 9.17) is 14.0 Å². The Morgan fingerprint density at radius 2 is 1.90 bits per heavy atom. The number of nitrogens with zero attached hydrogens (tertiary/aromatic N) is 5. The quantitative estimate of drug-likeness (QED) is 0.755. The first-order chi connectivity index (χ1) is 14.4. The Balaban J connectivity index is 1.39. The molecule has 162 valence electrons. The number of hydrogen-bond donors (Lipinski definition) is 0. The smallest absolute Gasteiger partial charge is 0.410 e. The van der Waals surface area contributed by atoms with Gasteiger partial charge in [-0.05, 0) is 45.7 Å². The molecule has 4 heterocycles. The number of pyridine rings is 1. The summed E-state index contributed by atoms with van der Waals surface area (Å²) in [5.41, 5.74) is 1.26. The lowest BCUT2D eigenvalue weighted by Crippen LogP contribution is -2.41. The van der Waals surface area contributed by atoms with Crippen molar-refractivity contribution in [3.63, 3.8) is 0 Å². The second-order valence-electron chi connectivity index (χ2n) is 8.70. The number of rotatable bonds is 3. The van der Waals surface area contributed by atoms with Gasteiger partial charge in [0.1, 0.15) is 11.3 Å². The second-order valence-corrected chi connectivity index (χ2v) is 8.70. The van der Waals surface area contributed by atoms with E-state index in [9.17, 15) is 4.79 Å². The molecule has 2 aliphatic rings. The van der Waals surface area contributed by atoms with Crippen LogP contribution in [0.1, 0.15) is 45.4 Å². The SMILES string of the molecule is CC(C)(C)OC(=O)N1CCC(c2noc(-c3cc(N4CCOCC4)ccn3)n2)CC1. The van der Waals surface area contributed by atoms with Crippen molar-refractivity contribution in [2.75, 3.05) is 44.3 Å². The summed E-state index contributed by atoms with van der Waals surface area (Å²) in [5, 5.41) is 4.19. The first-order valence-electron chi connectivity index (χ1n) is 10.5. The average molecular weight is 415 g/mol. The number of carbonyl (C=O) groups is 1. The predicted octanol–water partition coefficient (Wildman–Crippen LogP) is 3.08. The van der Waals surface area contributed by atoms with Crippen molar-refractivity contribution in [3.8, 4) is 11.6 Å². The number of carbonyl (C=O) groups excluding carboxylic acids is 1. The normalized spacial score (nSPS) is 18.5. The highest BCUT2D eigenvalue weighted by atomic mass is 16.6. The van der Waals surface area contributed by atoms with Gasteiger partial charge in [-0.2, -0.15) is 4.98 Å². The van der Waals surface area contributed by atoms with E-state index in [-0.39, 0.29) is 12.0 Å². The van der Waals surface area contributed by atoms with Gasteiger partial charge in [0, 0.05) is 44.0 Å². The number of piperidine rings is 1. The Morgan fingerprint density at radius 3 is 2.60 bits per heavy atom. The van der Waals surface area contributed by atoms with Gasteiger partial charge in [0.05, 0.1) is 13.2 Å². The summed E-state index contributed by atoms with van der Waals surface area (Å²) < 4.78 is 16.4. The zero-order valence-corrected chi connectivity index (χ0v) is 17.8. The number of aromatic nitrogens is 3. The molecule has 0 atom stereocenters. The van der Waals surface area contributed by atoms with E-state index >= 15 is 0 Å². The fourth-order valence-corrected chi connectivity index (χ4v) is 3.71. The molecule has 9 nitrogen and oxygen atoms in total. The van der Waals surface area contributed by atoms with Crippen LogP contribution >= 0.6 is 0 Å². The van der Waals surface area contributed by atoms with Gasteiger partial charge < -0.3 is 23.8 Å². The van der Waals surface area contributed by atoms with Crippen LogP contribution in [-0.2, 0) is 9.47 Å². The highest BCUT2D eigenvalue weighted by Gasteiger charge is 2.30. The Bertz CT molecular complexity index is 864. The number of anilines is 1. The fraction of sp³-hybridized carbons (Fsp3) is 0.619. The van der Waals surface area contributed by atoms with Gasteiger partial charge in [-0.25, -0.2) is 4.79 Å². The summed E-state index contributed by atoms with van der Waals surface area (Å²) in [6.45, 7) is 10.0. The highest BCUT2D eigenvalue weighted by Crippen LogP contribution is 2.29. The van der Waals surface area contributed by atoms with Crippen molar-refractivity contribution in [1.82, 2.24) is 20.0 Å². The lowest BCUT2D eigenvalue weighted by atomic mass is 9.96. The van der Waals surface area contributed by atoms with Crippen molar-refractivity contribution < 1.29 is 18.8 Å². The van der Waals surface area contributed by atoms with E-state index in [1.54, 1.807) is 11.1 Å². The van der Waals surface area contributed by atoms with Crippen LogP contribution in [0.25, 0.3) is 11.6 Å². The number of morpholine rings is 1. The molecule has 1 amide bonds. The van der Waals surface area contributed by atoms with E-state index in [0.29, 0.717) is 30.5 Å². The molecule has 0 saturated carbocycles. The zero-order valence-electron chi connectivity index (χ0n) is 17.8. The molecule has 2 saturated heterocycles. The summed E-state index contributed by atoms with van der Waals surface area (Å²) in [5.74, 6) is 1.26. The molecule has 2 fully saturated rings. The Morgan fingerprint density at radius 1 is 1.17 bits per heavy atom. The third-order valence-corrected chi connectivity index (χ3v) is 5.29. The Kier molecular flexibility index (Phi) is 5.90. The van der Waals surface area contributed by atoms with Crippen molar-refractivity contribution in [2.24, 2.45) is 0 Å². The molecule has 2 aromatic heterocycles. The van der Waals surface area contributed by atoms with Gasteiger partial charge in [-0.3, -0.25) is 4.98 Å². The Labute approximate surface area is 176 Å². The maximum Gasteiger partial charge on any atom is 0.410 e. The van der Waals surface area contributed by atoms with Gasteiger partial charge in [0.25, 0.3) is 5.89 Å². The summed E-state index contributed by atoms with van der Waals surface area (Å²) in [6, 6.07) is 3.96. The minimum atomic E-state index is -0.487. The summed E-state index contributed by atoms with van der Waals surface area (Å²) in [6.07, 6.45) is 3.06. The van der Waals surface area contributed by atoms with Crippen molar-refractivity contribution >= 4 is 11.8 Å². The highest BCUT2D eigenvalue weighted by molar-refractivity contribution is 5.68. The summed E-state index contributed by atoms with van der Waals surface area (Å²) in [7, 11) is 0. The third-order valence-electron chi connectivity index (χ3n) is 5.29. The van der Waals surface area contributed by atoms with Crippen LogP contribution in [0.4, 0.5) is 10.5 Å². The van der Waals surface area contributed by atoms with E-state index in [2.05, 4.69) is 20.0 Å². The molecule has 0 radical (unpaired) electrons. The largest absolute Gasteiger partial charge is 0.444 e. The number of ether oxygens (including phenoxy) is 2. The minimum absolute atomic E-state index is 0.156. The maximum atomic E-state index is 12.2. The molecular formula is C21H29N5O4. The predicted molar refractivity (Wildman–Crippen MR) is 110 cm³/mol. The lowest BCUT2D eigenvalue weighted by Gasteiger charge is -2.32. The molecule has 9 heteroatoms. The zero-order chi connectivity index (χ0) is 21.1. The third kappa shape index (κ3) is 4.89. The van der Waals surface area contributed by atoms with E-state index < -0.39 is 5.60 Å². The van der Waals surface area contributed by atoms with E-state index in [1.165, 1.54) is 0 Å². The maximum absolute atomic E-state index is 12.2. The number of likely N-dealkylation sites (tertiary alicyclic amines) is 1. The van der Waals surface area contributed by atoms with Crippen molar-refractivity contribution in [1.29, 1.82) is 0 Å². The van der Waals surface area contributed by atoms with Crippen LogP contribution < -0.4 is 4.90 Å². The van der Waals surface area contributed by atoms with Crippen LogP contribution in [0.2, 0.25) is 0 Å².